The van der Waals surface area contributed by atoms with E-state index in [-0.39, 0.29) is 11.6 Å². The molecule has 1 atom stereocenters. The van der Waals surface area contributed by atoms with Crippen molar-refractivity contribution in [2.24, 2.45) is 0 Å². The lowest BCUT2D eigenvalue weighted by molar-refractivity contribution is 0.0920. The SMILES string of the molecule is Cc1ccc2c(c1)C(NC(=O)c1ccc(F)cc1F)CCO2. The second-order valence-electron chi connectivity index (χ2n) is 5.33. The van der Waals surface area contributed by atoms with Crippen LogP contribution < -0.4 is 10.1 Å². The first-order valence-electron chi connectivity index (χ1n) is 7.04. The van der Waals surface area contributed by atoms with Crippen LogP contribution in [0.5, 0.6) is 5.75 Å². The van der Waals surface area contributed by atoms with Crippen LogP contribution in [-0.4, -0.2) is 12.5 Å². The van der Waals surface area contributed by atoms with Gasteiger partial charge in [-0.25, -0.2) is 8.78 Å². The summed E-state index contributed by atoms with van der Waals surface area (Å²) in [4.78, 5) is 12.2. The van der Waals surface area contributed by atoms with Crippen molar-refractivity contribution >= 4 is 5.91 Å². The van der Waals surface area contributed by atoms with E-state index >= 15 is 0 Å². The largest absolute Gasteiger partial charge is 0.493 e. The Labute approximate surface area is 126 Å². The summed E-state index contributed by atoms with van der Waals surface area (Å²) in [6, 6.07) is 8.42. The van der Waals surface area contributed by atoms with E-state index in [0.29, 0.717) is 19.1 Å². The maximum Gasteiger partial charge on any atom is 0.254 e. The summed E-state index contributed by atoms with van der Waals surface area (Å²) in [7, 11) is 0. The van der Waals surface area contributed by atoms with Crippen molar-refractivity contribution in [3.8, 4) is 5.75 Å². The summed E-state index contributed by atoms with van der Waals surface area (Å²) in [6.45, 7) is 2.43. The van der Waals surface area contributed by atoms with Crippen LogP contribution in [0.25, 0.3) is 0 Å². The minimum absolute atomic E-state index is 0.165. The zero-order valence-corrected chi connectivity index (χ0v) is 12.0. The highest BCUT2D eigenvalue weighted by Gasteiger charge is 2.24. The third-order valence-electron chi connectivity index (χ3n) is 3.69. The molecule has 1 aliphatic rings. The third-order valence-corrected chi connectivity index (χ3v) is 3.69. The number of carbonyl (C=O) groups is 1. The number of rotatable bonds is 2. The summed E-state index contributed by atoms with van der Waals surface area (Å²) >= 11 is 0. The molecule has 3 rings (SSSR count). The van der Waals surface area contributed by atoms with Gasteiger partial charge in [-0.05, 0) is 25.1 Å². The topological polar surface area (TPSA) is 38.3 Å². The Morgan fingerprint density at radius 1 is 1.23 bits per heavy atom. The van der Waals surface area contributed by atoms with E-state index in [2.05, 4.69) is 5.32 Å². The lowest BCUT2D eigenvalue weighted by atomic mass is 9.98. The number of aryl methyl sites for hydroxylation is 1. The monoisotopic (exact) mass is 303 g/mol. The molecule has 2 aromatic rings. The number of amides is 1. The highest BCUT2D eigenvalue weighted by atomic mass is 19.1. The fraction of sp³-hybridized carbons (Fsp3) is 0.235. The molecule has 1 N–H and O–H groups in total. The van der Waals surface area contributed by atoms with Crippen LogP contribution in [-0.2, 0) is 0 Å². The minimum Gasteiger partial charge on any atom is -0.493 e. The van der Waals surface area contributed by atoms with Gasteiger partial charge in [-0.2, -0.15) is 0 Å². The van der Waals surface area contributed by atoms with Crippen LogP contribution >= 0.6 is 0 Å². The molecule has 2 aromatic carbocycles. The predicted octanol–water partition coefficient (Wildman–Crippen LogP) is 3.53. The molecule has 0 fully saturated rings. The highest BCUT2D eigenvalue weighted by Crippen LogP contribution is 2.32. The van der Waals surface area contributed by atoms with Gasteiger partial charge in [-0.3, -0.25) is 4.79 Å². The van der Waals surface area contributed by atoms with Crippen molar-refractivity contribution in [2.45, 2.75) is 19.4 Å². The fourth-order valence-electron chi connectivity index (χ4n) is 2.57. The Bertz CT molecular complexity index is 731. The molecule has 0 radical (unpaired) electrons. The number of ether oxygens (including phenoxy) is 1. The number of halogens is 2. The van der Waals surface area contributed by atoms with Crippen LogP contribution in [0.1, 0.15) is 33.9 Å². The molecule has 114 valence electrons. The van der Waals surface area contributed by atoms with Gasteiger partial charge in [0.2, 0.25) is 0 Å². The highest BCUT2D eigenvalue weighted by molar-refractivity contribution is 5.94. The first-order chi connectivity index (χ1) is 10.5. The molecule has 1 amide bonds. The van der Waals surface area contributed by atoms with Crippen molar-refractivity contribution in [1.29, 1.82) is 0 Å². The van der Waals surface area contributed by atoms with Crippen LogP contribution in [0, 0.1) is 18.6 Å². The molecule has 0 aliphatic carbocycles. The molecule has 1 unspecified atom stereocenters. The van der Waals surface area contributed by atoms with E-state index < -0.39 is 17.5 Å². The summed E-state index contributed by atoms with van der Waals surface area (Å²) in [5.41, 5.74) is 1.76. The number of benzene rings is 2. The molecule has 1 aliphatic heterocycles. The van der Waals surface area contributed by atoms with Crippen molar-refractivity contribution < 1.29 is 18.3 Å². The van der Waals surface area contributed by atoms with E-state index in [0.717, 1.165) is 29.0 Å². The predicted molar refractivity (Wildman–Crippen MR) is 77.9 cm³/mol. The lowest BCUT2D eigenvalue weighted by Crippen LogP contribution is -2.32. The van der Waals surface area contributed by atoms with Gasteiger partial charge in [0.1, 0.15) is 17.4 Å². The Kier molecular flexibility index (Phi) is 3.79. The Balaban J connectivity index is 1.85. The summed E-state index contributed by atoms with van der Waals surface area (Å²) in [5.74, 6) is -1.41. The number of nitrogens with one attached hydrogen (secondary N) is 1. The van der Waals surface area contributed by atoms with Crippen molar-refractivity contribution in [2.75, 3.05) is 6.61 Å². The molecule has 3 nitrogen and oxygen atoms in total. The van der Waals surface area contributed by atoms with Gasteiger partial charge in [0.15, 0.2) is 0 Å². The fourth-order valence-corrected chi connectivity index (χ4v) is 2.57. The van der Waals surface area contributed by atoms with E-state index in [1.54, 1.807) is 0 Å². The Morgan fingerprint density at radius 3 is 2.82 bits per heavy atom. The zero-order valence-electron chi connectivity index (χ0n) is 12.0. The summed E-state index contributed by atoms with van der Waals surface area (Å²) in [6.07, 6.45) is 0.602. The second-order valence-corrected chi connectivity index (χ2v) is 5.33. The van der Waals surface area contributed by atoms with Crippen molar-refractivity contribution in [1.82, 2.24) is 5.32 Å². The Morgan fingerprint density at radius 2 is 2.05 bits per heavy atom. The lowest BCUT2D eigenvalue weighted by Gasteiger charge is -2.27. The number of hydrogen-bond acceptors (Lipinski definition) is 2. The quantitative estimate of drug-likeness (QED) is 0.921. The smallest absolute Gasteiger partial charge is 0.254 e. The van der Waals surface area contributed by atoms with Crippen molar-refractivity contribution in [3.05, 3.63) is 64.7 Å². The Hall–Kier alpha value is -2.43. The molecule has 1 heterocycles. The van der Waals surface area contributed by atoms with E-state index in [9.17, 15) is 13.6 Å². The summed E-state index contributed by atoms with van der Waals surface area (Å²) in [5, 5.41) is 2.80. The molecular formula is C17H15F2NO2. The molecule has 0 bridgehead atoms. The maximum absolute atomic E-state index is 13.7. The average Bonchev–Trinajstić information content (AvgIpc) is 2.47. The second kappa shape index (κ2) is 5.75. The molecule has 5 heteroatoms. The molecule has 0 aromatic heterocycles. The molecule has 0 saturated carbocycles. The van der Waals surface area contributed by atoms with Gasteiger partial charge in [0, 0.05) is 18.1 Å². The van der Waals surface area contributed by atoms with Crippen LogP contribution in [0.2, 0.25) is 0 Å². The number of carbonyl (C=O) groups excluding carboxylic acids is 1. The first-order valence-corrected chi connectivity index (χ1v) is 7.04. The first kappa shape index (κ1) is 14.5. The third kappa shape index (κ3) is 2.79. The zero-order chi connectivity index (χ0) is 15.7. The van der Waals surface area contributed by atoms with Gasteiger partial charge in [0.05, 0.1) is 18.2 Å². The van der Waals surface area contributed by atoms with Gasteiger partial charge in [-0.1, -0.05) is 17.7 Å². The van der Waals surface area contributed by atoms with E-state index in [1.807, 2.05) is 25.1 Å². The van der Waals surface area contributed by atoms with Crippen molar-refractivity contribution in [3.63, 3.8) is 0 Å². The van der Waals surface area contributed by atoms with Gasteiger partial charge >= 0.3 is 0 Å². The minimum atomic E-state index is -0.867. The summed E-state index contributed by atoms with van der Waals surface area (Å²) < 4.78 is 32.2. The normalized spacial score (nSPS) is 16.6. The van der Waals surface area contributed by atoms with E-state index in [1.165, 1.54) is 0 Å². The molecule has 0 spiro atoms. The van der Waals surface area contributed by atoms with Crippen LogP contribution in [0.15, 0.2) is 36.4 Å². The van der Waals surface area contributed by atoms with Crippen LogP contribution in [0.4, 0.5) is 8.78 Å². The van der Waals surface area contributed by atoms with Gasteiger partial charge in [0.25, 0.3) is 5.91 Å². The number of fused-ring (bicyclic) bond motifs is 1. The number of hydrogen-bond donors (Lipinski definition) is 1. The molecular weight excluding hydrogens is 288 g/mol. The average molecular weight is 303 g/mol. The van der Waals surface area contributed by atoms with Gasteiger partial charge < -0.3 is 10.1 Å². The molecule has 0 saturated heterocycles. The van der Waals surface area contributed by atoms with Crippen LogP contribution in [0.3, 0.4) is 0 Å². The standard InChI is InChI=1S/C17H15F2NO2/c1-10-2-5-16-13(8-10)15(6-7-22-16)20-17(21)12-4-3-11(18)9-14(12)19/h2-5,8-9,15H,6-7H2,1H3,(H,20,21). The van der Waals surface area contributed by atoms with E-state index in [4.69, 9.17) is 4.74 Å². The van der Waals surface area contributed by atoms with Gasteiger partial charge in [-0.15, -0.1) is 0 Å². The molecule has 22 heavy (non-hydrogen) atoms. The maximum atomic E-state index is 13.7.